The SMILES string of the molecule is COc1cccc(C(=O)N/N=C/c2cccc(OCc3ccccc3Cl)c2)c1. The number of carbonyl (C=O) groups excluding carboxylic acids is 1. The van der Waals surface area contributed by atoms with Crippen molar-refractivity contribution in [1.29, 1.82) is 0 Å². The van der Waals surface area contributed by atoms with Crippen LogP contribution in [0.5, 0.6) is 11.5 Å². The van der Waals surface area contributed by atoms with Crippen molar-refractivity contribution in [3.63, 3.8) is 0 Å². The minimum atomic E-state index is -0.318. The van der Waals surface area contributed by atoms with Crippen molar-refractivity contribution in [2.24, 2.45) is 5.10 Å². The van der Waals surface area contributed by atoms with Crippen molar-refractivity contribution in [2.75, 3.05) is 7.11 Å². The number of hydrazone groups is 1. The third-order valence-electron chi connectivity index (χ3n) is 3.92. The second-order valence-corrected chi connectivity index (χ2v) is 6.29. The minimum Gasteiger partial charge on any atom is -0.497 e. The second-order valence-electron chi connectivity index (χ2n) is 5.88. The molecule has 0 fully saturated rings. The van der Waals surface area contributed by atoms with Crippen LogP contribution in [-0.4, -0.2) is 19.2 Å². The summed E-state index contributed by atoms with van der Waals surface area (Å²) in [6.07, 6.45) is 1.56. The lowest BCUT2D eigenvalue weighted by Gasteiger charge is -2.08. The molecule has 0 radical (unpaired) electrons. The average molecular weight is 395 g/mol. The summed E-state index contributed by atoms with van der Waals surface area (Å²) >= 11 is 6.14. The lowest BCUT2D eigenvalue weighted by atomic mass is 10.2. The predicted octanol–water partition coefficient (Wildman–Crippen LogP) is 4.69. The maximum Gasteiger partial charge on any atom is 0.271 e. The van der Waals surface area contributed by atoms with Gasteiger partial charge in [-0.15, -0.1) is 0 Å². The molecule has 0 saturated carbocycles. The molecule has 0 saturated heterocycles. The molecular formula is C22H19ClN2O3. The number of hydrogen-bond donors (Lipinski definition) is 1. The molecule has 0 aliphatic heterocycles. The van der Waals surface area contributed by atoms with Gasteiger partial charge < -0.3 is 9.47 Å². The van der Waals surface area contributed by atoms with Crippen LogP contribution < -0.4 is 14.9 Å². The smallest absolute Gasteiger partial charge is 0.271 e. The maximum atomic E-state index is 12.1. The highest BCUT2D eigenvalue weighted by Gasteiger charge is 2.05. The van der Waals surface area contributed by atoms with Crippen LogP contribution in [0.1, 0.15) is 21.5 Å². The highest BCUT2D eigenvalue weighted by atomic mass is 35.5. The lowest BCUT2D eigenvalue weighted by molar-refractivity contribution is 0.0955. The van der Waals surface area contributed by atoms with Gasteiger partial charge in [0.1, 0.15) is 18.1 Å². The van der Waals surface area contributed by atoms with Gasteiger partial charge in [0.15, 0.2) is 0 Å². The van der Waals surface area contributed by atoms with E-state index in [1.807, 2.05) is 48.5 Å². The third-order valence-corrected chi connectivity index (χ3v) is 4.29. The summed E-state index contributed by atoms with van der Waals surface area (Å²) < 4.78 is 10.9. The molecule has 0 aliphatic carbocycles. The zero-order chi connectivity index (χ0) is 19.8. The fraction of sp³-hybridized carbons (Fsp3) is 0.0909. The van der Waals surface area contributed by atoms with E-state index in [1.54, 1.807) is 37.6 Å². The van der Waals surface area contributed by atoms with Gasteiger partial charge >= 0.3 is 0 Å². The predicted molar refractivity (Wildman–Crippen MR) is 110 cm³/mol. The summed E-state index contributed by atoms with van der Waals surface area (Å²) in [5.74, 6) is 0.976. The van der Waals surface area contributed by atoms with Crippen LogP contribution in [0, 0.1) is 0 Å². The van der Waals surface area contributed by atoms with Crippen LogP contribution >= 0.6 is 11.6 Å². The van der Waals surface area contributed by atoms with Crippen molar-refractivity contribution < 1.29 is 14.3 Å². The van der Waals surface area contributed by atoms with Gasteiger partial charge in [-0.05, 0) is 42.0 Å². The van der Waals surface area contributed by atoms with Gasteiger partial charge in [0, 0.05) is 16.1 Å². The molecule has 3 rings (SSSR count). The summed E-state index contributed by atoms with van der Waals surface area (Å²) in [7, 11) is 1.55. The Kier molecular flexibility index (Phi) is 6.65. The molecule has 1 N–H and O–H groups in total. The Morgan fingerprint density at radius 3 is 2.64 bits per heavy atom. The number of hydrogen-bond acceptors (Lipinski definition) is 4. The highest BCUT2D eigenvalue weighted by Crippen LogP contribution is 2.19. The normalized spacial score (nSPS) is 10.6. The molecule has 3 aromatic carbocycles. The van der Waals surface area contributed by atoms with E-state index in [2.05, 4.69) is 10.5 Å². The van der Waals surface area contributed by atoms with Crippen LogP contribution in [0.15, 0.2) is 77.9 Å². The van der Waals surface area contributed by atoms with Crippen molar-refractivity contribution in [1.82, 2.24) is 5.43 Å². The molecule has 5 nitrogen and oxygen atoms in total. The van der Waals surface area contributed by atoms with Crippen LogP contribution in [0.2, 0.25) is 5.02 Å². The summed E-state index contributed by atoms with van der Waals surface area (Å²) in [5, 5.41) is 4.67. The number of rotatable bonds is 7. The largest absolute Gasteiger partial charge is 0.497 e. The van der Waals surface area contributed by atoms with Gasteiger partial charge in [0.25, 0.3) is 5.91 Å². The Balaban J connectivity index is 1.59. The van der Waals surface area contributed by atoms with Crippen LogP contribution in [0.25, 0.3) is 0 Å². The molecule has 0 unspecified atom stereocenters. The second kappa shape index (κ2) is 9.58. The van der Waals surface area contributed by atoms with Crippen LogP contribution in [0.4, 0.5) is 0 Å². The first-order valence-corrected chi connectivity index (χ1v) is 8.97. The van der Waals surface area contributed by atoms with Gasteiger partial charge in [0.05, 0.1) is 13.3 Å². The summed E-state index contributed by atoms with van der Waals surface area (Å²) in [4.78, 5) is 12.1. The summed E-state index contributed by atoms with van der Waals surface area (Å²) in [6, 6.07) is 21.8. The molecule has 142 valence electrons. The first kappa shape index (κ1) is 19.5. The van der Waals surface area contributed by atoms with E-state index in [9.17, 15) is 4.79 Å². The fourth-order valence-corrected chi connectivity index (χ4v) is 2.65. The van der Waals surface area contributed by atoms with Gasteiger partial charge in [-0.2, -0.15) is 5.10 Å². The highest BCUT2D eigenvalue weighted by molar-refractivity contribution is 6.31. The Morgan fingerprint density at radius 2 is 1.82 bits per heavy atom. The molecular weight excluding hydrogens is 376 g/mol. The Bertz CT molecular complexity index is 989. The molecule has 0 heterocycles. The van der Waals surface area contributed by atoms with E-state index in [0.717, 1.165) is 11.1 Å². The van der Waals surface area contributed by atoms with E-state index in [-0.39, 0.29) is 5.91 Å². The van der Waals surface area contributed by atoms with Gasteiger partial charge in [-0.25, -0.2) is 5.43 Å². The van der Waals surface area contributed by atoms with E-state index < -0.39 is 0 Å². The topological polar surface area (TPSA) is 59.9 Å². The molecule has 0 bridgehead atoms. The minimum absolute atomic E-state index is 0.318. The first-order valence-electron chi connectivity index (χ1n) is 8.59. The zero-order valence-corrected chi connectivity index (χ0v) is 16.0. The van der Waals surface area contributed by atoms with E-state index >= 15 is 0 Å². The Hall–Kier alpha value is -3.31. The Labute approximate surface area is 168 Å². The van der Waals surface area contributed by atoms with Crippen LogP contribution in [0.3, 0.4) is 0 Å². The zero-order valence-electron chi connectivity index (χ0n) is 15.3. The maximum absolute atomic E-state index is 12.1. The van der Waals surface area contributed by atoms with Crippen molar-refractivity contribution in [3.05, 3.63) is 94.5 Å². The average Bonchev–Trinajstić information content (AvgIpc) is 2.73. The van der Waals surface area contributed by atoms with E-state index in [0.29, 0.717) is 28.7 Å². The lowest BCUT2D eigenvalue weighted by Crippen LogP contribution is -2.17. The number of halogens is 1. The van der Waals surface area contributed by atoms with Gasteiger partial charge in [-0.3, -0.25) is 4.79 Å². The van der Waals surface area contributed by atoms with Gasteiger partial charge in [-0.1, -0.05) is 48.0 Å². The molecule has 1 amide bonds. The standard InChI is InChI=1S/C22H19ClN2O3/c1-27-19-9-5-8-17(13-19)22(26)25-24-14-16-6-4-10-20(12-16)28-15-18-7-2-3-11-21(18)23/h2-14H,15H2,1H3,(H,25,26)/b24-14+. The number of benzene rings is 3. The van der Waals surface area contributed by atoms with Crippen molar-refractivity contribution >= 4 is 23.7 Å². The number of carbonyl (C=O) groups is 1. The van der Waals surface area contributed by atoms with Crippen molar-refractivity contribution in [3.8, 4) is 11.5 Å². The quantitative estimate of drug-likeness (QED) is 0.467. The third kappa shape index (κ3) is 5.34. The molecule has 0 aromatic heterocycles. The number of ether oxygens (including phenoxy) is 2. The number of methoxy groups -OCH3 is 1. The first-order chi connectivity index (χ1) is 13.7. The molecule has 0 aliphatic rings. The molecule has 0 atom stereocenters. The summed E-state index contributed by atoms with van der Waals surface area (Å²) in [6.45, 7) is 0.368. The van der Waals surface area contributed by atoms with Crippen molar-refractivity contribution in [2.45, 2.75) is 6.61 Å². The van der Waals surface area contributed by atoms with Gasteiger partial charge in [0.2, 0.25) is 0 Å². The Morgan fingerprint density at radius 1 is 1.04 bits per heavy atom. The number of amides is 1. The summed E-state index contributed by atoms with van der Waals surface area (Å²) in [5.41, 5.74) is 4.67. The van der Waals surface area contributed by atoms with E-state index in [4.69, 9.17) is 21.1 Å². The number of nitrogens with zero attached hydrogens (tertiary/aromatic N) is 1. The van der Waals surface area contributed by atoms with Crippen LogP contribution in [-0.2, 0) is 6.61 Å². The van der Waals surface area contributed by atoms with E-state index in [1.165, 1.54) is 0 Å². The molecule has 28 heavy (non-hydrogen) atoms. The monoisotopic (exact) mass is 394 g/mol. The molecule has 0 spiro atoms. The molecule has 6 heteroatoms. The molecule has 3 aromatic rings. The number of nitrogens with one attached hydrogen (secondary N) is 1. The fourth-order valence-electron chi connectivity index (χ4n) is 2.46.